The fraction of sp³-hybridized carbons (Fsp3) is 0.167. The zero-order valence-corrected chi connectivity index (χ0v) is 19.0. The number of benzene rings is 3. The zero-order valence-electron chi connectivity index (χ0n) is 18.2. The number of para-hydroxylation sites is 2. The van der Waals surface area contributed by atoms with Crippen molar-refractivity contribution in [3.8, 4) is 5.75 Å². The molecule has 9 heteroatoms. The summed E-state index contributed by atoms with van der Waals surface area (Å²) in [6.07, 6.45) is 1.62. The number of fused-ring (bicyclic) bond motifs is 1. The Balaban J connectivity index is 1.40. The van der Waals surface area contributed by atoms with Gasteiger partial charge >= 0.3 is 0 Å². The van der Waals surface area contributed by atoms with E-state index in [2.05, 4.69) is 15.8 Å². The van der Waals surface area contributed by atoms with Gasteiger partial charge in [-0.15, -0.1) is 0 Å². The molecule has 4 rings (SSSR count). The molecule has 0 saturated heterocycles. The van der Waals surface area contributed by atoms with Gasteiger partial charge in [-0.2, -0.15) is 5.10 Å². The van der Waals surface area contributed by atoms with Crippen molar-refractivity contribution in [1.29, 1.82) is 0 Å². The van der Waals surface area contributed by atoms with Gasteiger partial charge in [0.05, 0.1) is 11.0 Å². The topological polar surface area (TPSA) is 92.0 Å². The van der Waals surface area contributed by atoms with Crippen LogP contribution in [0.15, 0.2) is 77.9 Å². The van der Waals surface area contributed by atoms with Crippen LogP contribution in [0.3, 0.4) is 0 Å². The van der Waals surface area contributed by atoms with Crippen LogP contribution in [0.25, 0.3) is 0 Å². The van der Waals surface area contributed by atoms with E-state index in [9.17, 15) is 10.1 Å². The maximum Gasteiger partial charge on any atom is 0.281 e. The molecular formula is C24H23N5O3S. The summed E-state index contributed by atoms with van der Waals surface area (Å²) in [5, 5.41) is 20.8. The molecule has 168 valence electrons. The van der Waals surface area contributed by atoms with Crippen molar-refractivity contribution in [2.45, 2.75) is 26.1 Å². The Morgan fingerprint density at radius 2 is 1.88 bits per heavy atom. The maximum atomic E-state index is 12.5. The fourth-order valence-electron chi connectivity index (χ4n) is 3.39. The third-order valence-electron chi connectivity index (χ3n) is 5.19. The fourth-order valence-corrected chi connectivity index (χ4v) is 3.56. The highest BCUT2D eigenvalue weighted by molar-refractivity contribution is 7.80. The van der Waals surface area contributed by atoms with E-state index in [-0.39, 0.29) is 6.61 Å². The highest BCUT2D eigenvalue weighted by Gasteiger charge is 2.48. The van der Waals surface area contributed by atoms with Gasteiger partial charge in [0.15, 0.2) is 5.11 Å². The normalized spacial score (nSPS) is 14.3. The Bertz CT molecular complexity index is 1210. The van der Waals surface area contributed by atoms with E-state index in [0.29, 0.717) is 22.2 Å². The Kier molecular flexibility index (Phi) is 6.34. The number of nitrogens with one attached hydrogen (secondary N) is 2. The van der Waals surface area contributed by atoms with Crippen LogP contribution in [0.1, 0.15) is 25.0 Å². The average Bonchev–Trinajstić information content (AvgIpc) is 2.99. The van der Waals surface area contributed by atoms with E-state index in [1.807, 2.05) is 54.6 Å². The lowest BCUT2D eigenvalue weighted by atomic mass is 10.2. The van der Waals surface area contributed by atoms with Crippen LogP contribution in [0.2, 0.25) is 0 Å². The van der Waals surface area contributed by atoms with E-state index in [1.54, 1.807) is 38.3 Å². The summed E-state index contributed by atoms with van der Waals surface area (Å²) in [6.45, 7) is 3.41. The Hall–Kier alpha value is -3.82. The first-order valence-corrected chi connectivity index (χ1v) is 10.7. The highest BCUT2D eigenvalue weighted by Crippen LogP contribution is 2.43. The van der Waals surface area contributed by atoms with Crippen molar-refractivity contribution >= 4 is 40.6 Å². The van der Waals surface area contributed by atoms with Crippen LogP contribution in [0.5, 0.6) is 5.75 Å². The van der Waals surface area contributed by atoms with E-state index in [4.69, 9.17) is 17.0 Å². The molecule has 33 heavy (non-hydrogen) atoms. The molecule has 0 aromatic heterocycles. The van der Waals surface area contributed by atoms with Gasteiger partial charge < -0.3 is 20.3 Å². The molecule has 1 aliphatic rings. The molecule has 0 unspecified atom stereocenters. The van der Waals surface area contributed by atoms with E-state index >= 15 is 0 Å². The molecule has 0 fully saturated rings. The first-order valence-electron chi connectivity index (χ1n) is 10.3. The first kappa shape index (κ1) is 22.4. The van der Waals surface area contributed by atoms with Gasteiger partial charge in [-0.05, 0) is 54.2 Å². The number of hydrogen-bond donors (Lipinski definition) is 2. The molecule has 3 aromatic carbocycles. The Morgan fingerprint density at radius 3 is 2.67 bits per heavy atom. The second-order valence-electron chi connectivity index (χ2n) is 7.92. The van der Waals surface area contributed by atoms with Gasteiger partial charge in [0.25, 0.3) is 11.4 Å². The highest BCUT2D eigenvalue weighted by atomic mass is 32.1. The summed E-state index contributed by atoms with van der Waals surface area (Å²) in [6, 6.07) is 22.1. The van der Waals surface area contributed by atoms with Gasteiger partial charge in [0, 0.05) is 36.1 Å². The standard InChI is InChI=1S/C24H23N5O3S/c1-24(2)28(30)20-13-12-17(14-21(20)29(24)31)16-32-22-11-7-6-8-18(22)15-25-27-23(33)26-19-9-4-3-5-10-19/h3-15H,16H2,1-2H3,(H2,26,27,33)/b25-15-. The van der Waals surface area contributed by atoms with Crippen LogP contribution in [0.4, 0.5) is 17.1 Å². The molecule has 0 aliphatic carbocycles. The average molecular weight is 462 g/mol. The number of ether oxygens (including phenoxy) is 1. The van der Waals surface area contributed by atoms with Gasteiger partial charge in [-0.3, -0.25) is 5.43 Å². The van der Waals surface area contributed by atoms with E-state index in [1.165, 1.54) is 0 Å². The minimum Gasteiger partial charge on any atom is -0.753 e. The molecule has 1 aliphatic heterocycles. The van der Waals surface area contributed by atoms with Gasteiger partial charge in [0.2, 0.25) is 0 Å². The van der Waals surface area contributed by atoms with Crippen molar-refractivity contribution < 1.29 is 9.50 Å². The summed E-state index contributed by atoms with van der Waals surface area (Å²) in [7, 11) is 0. The lowest BCUT2D eigenvalue weighted by molar-refractivity contribution is -0.532. The van der Waals surface area contributed by atoms with Crippen molar-refractivity contribution in [2.24, 2.45) is 5.10 Å². The van der Waals surface area contributed by atoms with Gasteiger partial charge in [0.1, 0.15) is 18.0 Å². The molecule has 1 heterocycles. The predicted molar refractivity (Wildman–Crippen MR) is 134 cm³/mol. The number of hydrogen-bond acceptors (Lipinski definition) is 6. The molecular weight excluding hydrogens is 438 g/mol. The number of anilines is 2. The number of thiocarbonyl (C=S) groups is 1. The van der Waals surface area contributed by atoms with Gasteiger partial charge in [-0.1, -0.05) is 30.3 Å². The number of rotatable bonds is 6. The molecule has 8 nitrogen and oxygen atoms in total. The molecule has 0 spiro atoms. The number of nitrogens with zero attached hydrogens (tertiary/aromatic N) is 3. The molecule has 0 bridgehead atoms. The third-order valence-corrected chi connectivity index (χ3v) is 5.38. The third kappa shape index (κ3) is 4.84. The van der Waals surface area contributed by atoms with E-state index < -0.39 is 5.66 Å². The molecule has 0 amide bonds. The molecule has 2 N–H and O–H groups in total. The second kappa shape index (κ2) is 9.35. The van der Waals surface area contributed by atoms with Crippen LogP contribution < -0.4 is 20.5 Å². The summed E-state index contributed by atoms with van der Waals surface area (Å²) in [4.78, 5) is 12.3. The zero-order chi connectivity index (χ0) is 23.4. The summed E-state index contributed by atoms with van der Waals surface area (Å²) in [5.41, 5.74) is 4.71. The largest absolute Gasteiger partial charge is 0.753 e. The number of nitroso groups, excluding NO2 is 1. The summed E-state index contributed by atoms with van der Waals surface area (Å²) in [5.74, 6) is 0.621. The monoisotopic (exact) mass is 461 g/mol. The summed E-state index contributed by atoms with van der Waals surface area (Å²) < 4.78 is 6.70. The van der Waals surface area contributed by atoms with Crippen molar-refractivity contribution in [3.05, 3.63) is 94.0 Å². The maximum absolute atomic E-state index is 12.5. The van der Waals surface area contributed by atoms with Crippen LogP contribution in [-0.4, -0.2) is 21.7 Å². The lowest BCUT2D eigenvalue weighted by Gasteiger charge is -2.30. The number of hydrazone groups is 1. The first-order chi connectivity index (χ1) is 15.9. The lowest BCUT2D eigenvalue weighted by Crippen LogP contribution is -2.41. The number of hydroxylamine groups is 1. The van der Waals surface area contributed by atoms with Crippen LogP contribution >= 0.6 is 12.2 Å². The molecule has 3 aromatic rings. The smallest absolute Gasteiger partial charge is 0.281 e. The minimum atomic E-state index is -1.17. The molecule has 0 atom stereocenters. The van der Waals surface area contributed by atoms with Crippen molar-refractivity contribution in [1.82, 2.24) is 5.43 Å². The van der Waals surface area contributed by atoms with Crippen LogP contribution in [0, 0.1) is 10.1 Å². The Labute approximate surface area is 197 Å². The summed E-state index contributed by atoms with van der Waals surface area (Å²) >= 11 is 5.25. The second-order valence-corrected chi connectivity index (χ2v) is 8.33. The SMILES string of the molecule is CC1(C)N([O-])c2cc(COc3ccccc3/C=N\NC(=S)Nc3ccccc3)ccc2[N+]1=O. The van der Waals surface area contributed by atoms with Crippen molar-refractivity contribution in [3.63, 3.8) is 0 Å². The molecule has 0 saturated carbocycles. The quantitative estimate of drug-likeness (QED) is 0.230. The van der Waals surface area contributed by atoms with Crippen LogP contribution in [-0.2, 0) is 6.61 Å². The van der Waals surface area contributed by atoms with E-state index in [0.717, 1.165) is 26.6 Å². The Morgan fingerprint density at radius 1 is 1.15 bits per heavy atom. The predicted octanol–water partition coefficient (Wildman–Crippen LogP) is 5.05. The van der Waals surface area contributed by atoms with Gasteiger partial charge in [-0.25, -0.2) is 0 Å². The molecule has 0 radical (unpaired) electrons. The van der Waals surface area contributed by atoms with Crippen molar-refractivity contribution in [2.75, 3.05) is 10.4 Å². The minimum absolute atomic E-state index is 0.229.